The Bertz CT molecular complexity index is 1130. The van der Waals surface area contributed by atoms with E-state index in [4.69, 9.17) is 14.2 Å². The summed E-state index contributed by atoms with van der Waals surface area (Å²) in [7, 11) is 0. The second-order valence-corrected chi connectivity index (χ2v) is 7.13. The summed E-state index contributed by atoms with van der Waals surface area (Å²) in [6, 6.07) is 19.4. The van der Waals surface area contributed by atoms with Gasteiger partial charge in [-0.1, -0.05) is 24.3 Å². The standard InChI is InChI=1S/C24H22N2O5/c1-15-6-5-7-18(12-15)31-16(2)23(27)26-20-9-4-3-8-19(20)24(28)25-17-10-11-21-22(13-17)30-14-29-21/h3-13,16H,14H2,1-2H3,(H,25,28)(H,26,27)/t16-/m0/s1. The van der Waals surface area contributed by atoms with E-state index in [2.05, 4.69) is 10.6 Å². The van der Waals surface area contributed by atoms with Gasteiger partial charge in [0.15, 0.2) is 17.6 Å². The zero-order valence-corrected chi connectivity index (χ0v) is 17.2. The molecule has 0 saturated carbocycles. The monoisotopic (exact) mass is 418 g/mol. The highest BCUT2D eigenvalue weighted by molar-refractivity contribution is 6.10. The van der Waals surface area contributed by atoms with Crippen molar-refractivity contribution in [3.05, 3.63) is 77.9 Å². The van der Waals surface area contributed by atoms with Crippen LogP contribution in [0.15, 0.2) is 66.7 Å². The van der Waals surface area contributed by atoms with Gasteiger partial charge in [-0.3, -0.25) is 9.59 Å². The number of hydrogen-bond donors (Lipinski definition) is 2. The molecule has 0 saturated heterocycles. The smallest absolute Gasteiger partial charge is 0.265 e. The third kappa shape index (κ3) is 4.78. The van der Waals surface area contributed by atoms with Crippen LogP contribution < -0.4 is 24.8 Å². The number of carbonyl (C=O) groups excluding carboxylic acids is 2. The molecule has 1 atom stereocenters. The Kier molecular flexibility index (Phi) is 5.75. The Morgan fingerprint density at radius 3 is 2.58 bits per heavy atom. The van der Waals surface area contributed by atoms with E-state index in [-0.39, 0.29) is 18.6 Å². The Labute approximate surface area is 179 Å². The Morgan fingerprint density at radius 1 is 0.935 bits per heavy atom. The summed E-state index contributed by atoms with van der Waals surface area (Å²) in [5.74, 6) is 1.10. The molecule has 31 heavy (non-hydrogen) atoms. The maximum absolute atomic E-state index is 12.8. The molecule has 2 amide bonds. The first kappa shape index (κ1) is 20.3. The molecule has 158 valence electrons. The van der Waals surface area contributed by atoms with E-state index >= 15 is 0 Å². The number of fused-ring (bicyclic) bond motifs is 1. The topological polar surface area (TPSA) is 85.9 Å². The number of carbonyl (C=O) groups is 2. The minimum atomic E-state index is -0.744. The molecule has 1 heterocycles. The van der Waals surface area contributed by atoms with E-state index in [1.165, 1.54) is 0 Å². The highest BCUT2D eigenvalue weighted by Gasteiger charge is 2.20. The molecule has 7 heteroatoms. The third-order valence-corrected chi connectivity index (χ3v) is 4.73. The molecular formula is C24H22N2O5. The zero-order chi connectivity index (χ0) is 21.8. The van der Waals surface area contributed by atoms with Gasteiger partial charge in [0.2, 0.25) is 6.79 Å². The Morgan fingerprint density at radius 2 is 1.74 bits per heavy atom. The number of rotatable bonds is 6. The number of aryl methyl sites for hydroxylation is 1. The second-order valence-electron chi connectivity index (χ2n) is 7.13. The lowest BCUT2D eigenvalue weighted by molar-refractivity contribution is -0.122. The molecule has 7 nitrogen and oxygen atoms in total. The normalized spacial score (nSPS) is 12.7. The fourth-order valence-electron chi connectivity index (χ4n) is 3.14. The number of benzene rings is 3. The number of anilines is 2. The molecule has 1 aliphatic rings. The van der Waals surface area contributed by atoms with E-state index in [1.54, 1.807) is 55.5 Å². The molecule has 1 aliphatic heterocycles. The van der Waals surface area contributed by atoms with Crippen LogP contribution >= 0.6 is 0 Å². The second kappa shape index (κ2) is 8.79. The van der Waals surface area contributed by atoms with Gasteiger partial charge in [0.25, 0.3) is 11.8 Å². The summed E-state index contributed by atoms with van der Waals surface area (Å²) in [6.45, 7) is 3.77. The molecule has 2 N–H and O–H groups in total. The minimum Gasteiger partial charge on any atom is -0.481 e. The summed E-state index contributed by atoms with van der Waals surface area (Å²) in [4.78, 5) is 25.5. The predicted octanol–water partition coefficient (Wildman–Crippen LogP) is 4.38. The molecule has 4 rings (SSSR count). The molecule has 0 spiro atoms. The first-order valence-electron chi connectivity index (χ1n) is 9.84. The minimum absolute atomic E-state index is 0.157. The van der Waals surface area contributed by atoms with Crippen molar-refractivity contribution >= 4 is 23.2 Å². The average molecular weight is 418 g/mol. The lowest BCUT2D eigenvalue weighted by Crippen LogP contribution is -2.31. The van der Waals surface area contributed by atoms with Gasteiger partial charge in [0.1, 0.15) is 5.75 Å². The molecule has 0 fully saturated rings. The van der Waals surface area contributed by atoms with E-state index in [0.29, 0.717) is 34.2 Å². The van der Waals surface area contributed by atoms with Crippen molar-refractivity contribution in [3.63, 3.8) is 0 Å². The van der Waals surface area contributed by atoms with Crippen LogP contribution in [0.2, 0.25) is 0 Å². The fourth-order valence-corrected chi connectivity index (χ4v) is 3.14. The molecular weight excluding hydrogens is 396 g/mol. The van der Waals surface area contributed by atoms with Crippen molar-refractivity contribution in [3.8, 4) is 17.2 Å². The predicted molar refractivity (Wildman–Crippen MR) is 117 cm³/mol. The lowest BCUT2D eigenvalue weighted by atomic mass is 10.1. The van der Waals surface area contributed by atoms with Crippen LogP contribution in [0.3, 0.4) is 0 Å². The maximum atomic E-state index is 12.8. The van der Waals surface area contributed by atoms with E-state index in [1.807, 2.05) is 25.1 Å². The first-order chi connectivity index (χ1) is 15.0. The van der Waals surface area contributed by atoms with Crippen LogP contribution in [0.4, 0.5) is 11.4 Å². The number of para-hydroxylation sites is 1. The lowest BCUT2D eigenvalue weighted by Gasteiger charge is -2.17. The van der Waals surface area contributed by atoms with Crippen molar-refractivity contribution in [2.24, 2.45) is 0 Å². The van der Waals surface area contributed by atoms with Crippen LogP contribution in [0.25, 0.3) is 0 Å². The molecule has 0 aliphatic carbocycles. The van der Waals surface area contributed by atoms with Crippen molar-refractivity contribution in [2.45, 2.75) is 20.0 Å². The number of hydrogen-bond acceptors (Lipinski definition) is 5. The zero-order valence-electron chi connectivity index (χ0n) is 17.2. The first-order valence-corrected chi connectivity index (χ1v) is 9.84. The van der Waals surface area contributed by atoms with Gasteiger partial charge >= 0.3 is 0 Å². The van der Waals surface area contributed by atoms with Gasteiger partial charge < -0.3 is 24.8 Å². The van der Waals surface area contributed by atoms with Crippen molar-refractivity contribution in [2.75, 3.05) is 17.4 Å². The van der Waals surface area contributed by atoms with Crippen LogP contribution in [0, 0.1) is 6.92 Å². The van der Waals surface area contributed by atoms with Crippen LogP contribution in [-0.4, -0.2) is 24.7 Å². The van der Waals surface area contributed by atoms with Gasteiger partial charge in [0.05, 0.1) is 11.3 Å². The number of amides is 2. The largest absolute Gasteiger partial charge is 0.481 e. The van der Waals surface area contributed by atoms with Crippen molar-refractivity contribution in [1.29, 1.82) is 0 Å². The fraction of sp³-hybridized carbons (Fsp3) is 0.167. The summed E-state index contributed by atoms with van der Waals surface area (Å²) >= 11 is 0. The highest BCUT2D eigenvalue weighted by Crippen LogP contribution is 2.34. The Hall–Kier alpha value is -4.00. The Balaban J connectivity index is 1.45. The molecule has 0 bridgehead atoms. The summed E-state index contributed by atoms with van der Waals surface area (Å²) in [5, 5.41) is 5.60. The van der Waals surface area contributed by atoms with Crippen LogP contribution in [0.5, 0.6) is 17.2 Å². The maximum Gasteiger partial charge on any atom is 0.265 e. The molecule has 0 aromatic heterocycles. The van der Waals surface area contributed by atoms with Crippen LogP contribution in [-0.2, 0) is 4.79 Å². The van der Waals surface area contributed by atoms with Gasteiger partial charge in [-0.05, 0) is 55.8 Å². The number of ether oxygens (including phenoxy) is 3. The third-order valence-electron chi connectivity index (χ3n) is 4.73. The van der Waals surface area contributed by atoms with Gasteiger partial charge in [-0.2, -0.15) is 0 Å². The molecule has 3 aromatic carbocycles. The average Bonchev–Trinajstić information content (AvgIpc) is 3.22. The van der Waals surface area contributed by atoms with Gasteiger partial charge in [-0.15, -0.1) is 0 Å². The highest BCUT2D eigenvalue weighted by atomic mass is 16.7. The van der Waals surface area contributed by atoms with Crippen molar-refractivity contribution in [1.82, 2.24) is 0 Å². The van der Waals surface area contributed by atoms with E-state index in [0.717, 1.165) is 5.56 Å². The molecule has 3 aromatic rings. The molecule has 0 radical (unpaired) electrons. The van der Waals surface area contributed by atoms with Gasteiger partial charge in [-0.25, -0.2) is 0 Å². The number of nitrogens with one attached hydrogen (secondary N) is 2. The summed E-state index contributed by atoms with van der Waals surface area (Å²) in [6.07, 6.45) is -0.744. The van der Waals surface area contributed by atoms with Gasteiger partial charge in [0, 0.05) is 11.8 Å². The SMILES string of the molecule is Cc1cccc(O[C@@H](C)C(=O)Nc2ccccc2C(=O)Nc2ccc3c(c2)OCO3)c1. The van der Waals surface area contributed by atoms with E-state index < -0.39 is 6.10 Å². The van der Waals surface area contributed by atoms with Crippen LogP contribution in [0.1, 0.15) is 22.8 Å². The summed E-state index contributed by atoms with van der Waals surface area (Å²) < 4.78 is 16.4. The molecule has 0 unspecified atom stereocenters. The van der Waals surface area contributed by atoms with E-state index in [9.17, 15) is 9.59 Å². The summed E-state index contributed by atoms with van der Waals surface area (Å²) in [5.41, 5.74) is 2.32. The quantitative estimate of drug-likeness (QED) is 0.620. The van der Waals surface area contributed by atoms with Crippen molar-refractivity contribution < 1.29 is 23.8 Å².